The van der Waals surface area contributed by atoms with E-state index in [2.05, 4.69) is 29.4 Å². The van der Waals surface area contributed by atoms with Gasteiger partial charge in [-0.3, -0.25) is 0 Å². The van der Waals surface area contributed by atoms with E-state index < -0.39 is 0 Å². The third-order valence-corrected chi connectivity index (χ3v) is 4.20. The molecule has 1 fully saturated rings. The van der Waals surface area contributed by atoms with Gasteiger partial charge in [0.15, 0.2) is 0 Å². The zero-order valence-electron chi connectivity index (χ0n) is 11.5. The topological polar surface area (TPSA) is 58.0 Å². The lowest BCUT2D eigenvalue weighted by atomic mass is 10.1. The van der Waals surface area contributed by atoms with Crippen molar-refractivity contribution in [2.75, 3.05) is 25.4 Å². The smallest absolute Gasteiger partial charge is 0.122 e. The van der Waals surface area contributed by atoms with Gasteiger partial charge in [0.25, 0.3) is 0 Å². The van der Waals surface area contributed by atoms with Crippen molar-refractivity contribution in [1.29, 1.82) is 5.26 Å². The minimum Gasteiger partial charge on any atom is -0.384 e. The molecule has 18 heavy (non-hydrogen) atoms. The SMILES string of the molecule is CCN1CCCC(n2c(C)c(C)c(C#N)c2N)C1. The molecule has 0 amide bonds. The molecular weight excluding hydrogens is 224 g/mol. The van der Waals surface area contributed by atoms with Crippen molar-refractivity contribution in [3.05, 3.63) is 16.8 Å². The van der Waals surface area contributed by atoms with Crippen LogP contribution in [0.15, 0.2) is 0 Å². The van der Waals surface area contributed by atoms with E-state index in [1.54, 1.807) is 0 Å². The van der Waals surface area contributed by atoms with E-state index >= 15 is 0 Å². The van der Waals surface area contributed by atoms with Gasteiger partial charge in [-0.05, 0) is 45.3 Å². The van der Waals surface area contributed by atoms with Crippen molar-refractivity contribution in [3.63, 3.8) is 0 Å². The monoisotopic (exact) mass is 246 g/mol. The molecule has 0 spiro atoms. The minimum atomic E-state index is 0.416. The largest absolute Gasteiger partial charge is 0.384 e. The van der Waals surface area contributed by atoms with Gasteiger partial charge in [0.1, 0.15) is 11.9 Å². The Morgan fingerprint density at radius 3 is 2.72 bits per heavy atom. The lowest BCUT2D eigenvalue weighted by Gasteiger charge is -2.34. The van der Waals surface area contributed by atoms with Gasteiger partial charge >= 0.3 is 0 Å². The summed E-state index contributed by atoms with van der Waals surface area (Å²) in [6.45, 7) is 9.55. The molecule has 2 heterocycles. The predicted octanol–water partition coefficient (Wildman–Crippen LogP) is 2.22. The summed E-state index contributed by atoms with van der Waals surface area (Å²) in [4.78, 5) is 2.45. The van der Waals surface area contributed by atoms with Crippen LogP contribution >= 0.6 is 0 Å². The molecule has 0 radical (unpaired) electrons. The number of aromatic nitrogens is 1. The average molecular weight is 246 g/mol. The standard InChI is InChI=1S/C14H22N4/c1-4-17-7-5-6-12(9-17)18-11(3)10(2)13(8-15)14(18)16/h12H,4-7,9,16H2,1-3H3. The van der Waals surface area contributed by atoms with Crippen molar-refractivity contribution < 1.29 is 0 Å². The number of likely N-dealkylation sites (N-methyl/N-ethyl adjacent to an activating group) is 1. The molecule has 0 saturated carbocycles. The number of nitriles is 1. The maximum absolute atomic E-state index is 9.18. The Labute approximate surface area is 109 Å². The highest BCUT2D eigenvalue weighted by Gasteiger charge is 2.25. The summed E-state index contributed by atoms with van der Waals surface area (Å²) in [5.74, 6) is 0.649. The summed E-state index contributed by atoms with van der Waals surface area (Å²) in [5, 5.41) is 9.18. The molecule has 1 aromatic rings. The van der Waals surface area contributed by atoms with Crippen LogP contribution < -0.4 is 5.73 Å². The number of hydrogen-bond donors (Lipinski definition) is 1. The Hall–Kier alpha value is -1.47. The van der Waals surface area contributed by atoms with E-state index in [0.717, 1.165) is 30.8 Å². The highest BCUT2D eigenvalue weighted by molar-refractivity contribution is 5.58. The zero-order chi connectivity index (χ0) is 13.3. The van der Waals surface area contributed by atoms with Gasteiger partial charge in [-0.2, -0.15) is 5.26 Å². The minimum absolute atomic E-state index is 0.416. The van der Waals surface area contributed by atoms with Crippen LogP contribution in [0.25, 0.3) is 0 Å². The average Bonchev–Trinajstić information content (AvgIpc) is 2.60. The molecule has 1 atom stereocenters. The first-order valence-corrected chi connectivity index (χ1v) is 6.69. The van der Waals surface area contributed by atoms with E-state index in [-0.39, 0.29) is 0 Å². The highest BCUT2D eigenvalue weighted by atomic mass is 15.2. The van der Waals surface area contributed by atoms with Crippen LogP contribution in [0.1, 0.15) is 42.6 Å². The summed E-state index contributed by atoms with van der Waals surface area (Å²) in [6.07, 6.45) is 2.36. The summed E-state index contributed by atoms with van der Waals surface area (Å²) >= 11 is 0. The van der Waals surface area contributed by atoms with Crippen LogP contribution in [0.2, 0.25) is 0 Å². The van der Waals surface area contributed by atoms with Crippen molar-refractivity contribution in [2.45, 2.75) is 39.7 Å². The molecule has 1 saturated heterocycles. The molecule has 2 N–H and O–H groups in total. The zero-order valence-corrected chi connectivity index (χ0v) is 11.5. The van der Waals surface area contributed by atoms with E-state index in [0.29, 0.717) is 17.4 Å². The lowest BCUT2D eigenvalue weighted by molar-refractivity contribution is 0.185. The van der Waals surface area contributed by atoms with Gasteiger partial charge in [-0.1, -0.05) is 6.92 Å². The fourth-order valence-corrected chi connectivity index (χ4v) is 3.00. The first kappa shape index (κ1) is 13.0. The van der Waals surface area contributed by atoms with Crippen molar-refractivity contribution in [1.82, 2.24) is 9.47 Å². The van der Waals surface area contributed by atoms with Crippen molar-refractivity contribution in [2.24, 2.45) is 0 Å². The number of nitrogens with zero attached hydrogens (tertiary/aromatic N) is 3. The first-order valence-electron chi connectivity index (χ1n) is 6.69. The van der Waals surface area contributed by atoms with Crippen molar-refractivity contribution in [3.8, 4) is 6.07 Å². The first-order chi connectivity index (χ1) is 8.60. The number of nitrogens with two attached hydrogens (primary N) is 1. The van der Waals surface area contributed by atoms with E-state index in [1.807, 2.05) is 6.92 Å². The number of likely N-dealkylation sites (tertiary alicyclic amines) is 1. The van der Waals surface area contributed by atoms with Gasteiger partial charge in [-0.25, -0.2) is 0 Å². The molecule has 1 aliphatic rings. The Morgan fingerprint density at radius 1 is 1.44 bits per heavy atom. The molecule has 98 valence electrons. The second-order valence-electron chi connectivity index (χ2n) is 5.14. The number of nitrogen functional groups attached to an aromatic ring is 1. The van der Waals surface area contributed by atoms with Crippen molar-refractivity contribution >= 4 is 5.82 Å². The van der Waals surface area contributed by atoms with Crippen LogP contribution in [0, 0.1) is 25.2 Å². The molecule has 1 aliphatic heterocycles. The number of piperidine rings is 1. The normalized spacial score (nSPS) is 20.9. The molecule has 4 nitrogen and oxygen atoms in total. The maximum atomic E-state index is 9.18. The van der Waals surface area contributed by atoms with Crippen LogP contribution in [-0.2, 0) is 0 Å². The number of hydrogen-bond acceptors (Lipinski definition) is 3. The Bertz CT molecular complexity index is 481. The Balaban J connectivity index is 2.37. The van der Waals surface area contributed by atoms with Crippen LogP contribution in [0.4, 0.5) is 5.82 Å². The maximum Gasteiger partial charge on any atom is 0.122 e. The fraction of sp³-hybridized carbons (Fsp3) is 0.643. The fourth-order valence-electron chi connectivity index (χ4n) is 3.00. The van der Waals surface area contributed by atoms with Crippen LogP contribution in [-0.4, -0.2) is 29.1 Å². The van der Waals surface area contributed by atoms with Crippen LogP contribution in [0.3, 0.4) is 0 Å². The lowest BCUT2D eigenvalue weighted by Crippen LogP contribution is -2.36. The van der Waals surface area contributed by atoms with E-state index in [9.17, 15) is 5.26 Å². The predicted molar refractivity (Wildman–Crippen MR) is 73.4 cm³/mol. The molecule has 1 aromatic heterocycles. The Kier molecular flexibility index (Phi) is 3.63. The van der Waals surface area contributed by atoms with Crippen LogP contribution in [0.5, 0.6) is 0 Å². The number of anilines is 1. The quantitative estimate of drug-likeness (QED) is 0.870. The van der Waals surface area contributed by atoms with Gasteiger partial charge in [0.2, 0.25) is 0 Å². The van der Waals surface area contributed by atoms with Gasteiger partial charge < -0.3 is 15.2 Å². The van der Waals surface area contributed by atoms with Gasteiger partial charge in [0, 0.05) is 18.3 Å². The number of rotatable bonds is 2. The molecule has 2 rings (SSSR count). The van der Waals surface area contributed by atoms with E-state index in [1.165, 1.54) is 13.0 Å². The highest BCUT2D eigenvalue weighted by Crippen LogP contribution is 2.31. The molecule has 4 heteroatoms. The third kappa shape index (κ3) is 1.99. The summed E-state index contributed by atoms with van der Waals surface area (Å²) in [5.41, 5.74) is 8.99. The molecule has 0 aliphatic carbocycles. The van der Waals surface area contributed by atoms with Gasteiger partial charge in [-0.15, -0.1) is 0 Å². The molecule has 0 aromatic carbocycles. The molecule has 0 bridgehead atoms. The third-order valence-electron chi connectivity index (χ3n) is 4.20. The Morgan fingerprint density at radius 2 is 2.17 bits per heavy atom. The van der Waals surface area contributed by atoms with Gasteiger partial charge in [0.05, 0.1) is 5.56 Å². The molecule has 1 unspecified atom stereocenters. The summed E-state index contributed by atoms with van der Waals surface area (Å²) in [6, 6.07) is 2.65. The summed E-state index contributed by atoms with van der Waals surface area (Å²) in [7, 11) is 0. The van der Waals surface area contributed by atoms with E-state index in [4.69, 9.17) is 5.73 Å². The second-order valence-corrected chi connectivity index (χ2v) is 5.14. The molecular formula is C14H22N4. The summed E-state index contributed by atoms with van der Waals surface area (Å²) < 4.78 is 2.18. The second kappa shape index (κ2) is 5.03.